The fraction of sp³-hybridized carbons (Fsp3) is 0.467. The average Bonchev–Trinajstić information content (AvgIpc) is 3.18. The van der Waals surface area contributed by atoms with Crippen molar-refractivity contribution in [2.24, 2.45) is 22.9 Å². The standard InChI is InChI=1S/C15H16Cl2N2O2/c16-9-5-8(14(20)12(17)6-9)7-18-19-15(21)13-10-3-1-2-4-11(10)13/h5-7,10-11,13,20H,1-4H2,(H,19,21)/b18-7-/t10-,11+,13?. The Labute approximate surface area is 133 Å². The number of carbonyl (C=O) groups excluding carboxylic acids is 1. The highest BCUT2D eigenvalue weighted by Crippen LogP contribution is 2.55. The summed E-state index contributed by atoms with van der Waals surface area (Å²) >= 11 is 11.7. The molecule has 0 aromatic heterocycles. The van der Waals surface area contributed by atoms with Crippen LogP contribution in [0.15, 0.2) is 17.2 Å². The smallest absolute Gasteiger partial charge is 0.243 e. The quantitative estimate of drug-likeness (QED) is 0.658. The average molecular weight is 327 g/mol. The molecule has 0 heterocycles. The van der Waals surface area contributed by atoms with Gasteiger partial charge in [-0.25, -0.2) is 5.43 Å². The Morgan fingerprint density at radius 3 is 2.62 bits per heavy atom. The summed E-state index contributed by atoms with van der Waals surface area (Å²) in [4.78, 5) is 12.0. The number of carbonyl (C=O) groups is 1. The Kier molecular flexibility index (Phi) is 4.09. The minimum Gasteiger partial charge on any atom is -0.506 e. The van der Waals surface area contributed by atoms with Crippen LogP contribution in [0.1, 0.15) is 31.2 Å². The molecule has 0 radical (unpaired) electrons. The van der Waals surface area contributed by atoms with Gasteiger partial charge in [0.1, 0.15) is 5.75 Å². The third-order valence-corrected chi connectivity index (χ3v) is 4.90. The van der Waals surface area contributed by atoms with Gasteiger partial charge >= 0.3 is 0 Å². The van der Waals surface area contributed by atoms with Crippen LogP contribution in [-0.4, -0.2) is 17.2 Å². The summed E-state index contributed by atoms with van der Waals surface area (Å²) in [7, 11) is 0. The van der Waals surface area contributed by atoms with Gasteiger partial charge in [0.15, 0.2) is 0 Å². The zero-order valence-corrected chi connectivity index (χ0v) is 12.9. The summed E-state index contributed by atoms with van der Waals surface area (Å²) in [6.45, 7) is 0. The molecule has 4 nitrogen and oxygen atoms in total. The third kappa shape index (κ3) is 3.01. The molecule has 112 valence electrons. The fourth-order valence-electron chi connectivity index (χ4n) is 3.31. The summed E-state index contributed by atoms with van der Waals surface area (Å²) in [5, 5.41) is 14.2. The Bertz CT molecular complexity index is 592. The number of halogens is 2. The van der Waals surface area contributed by atoms with E-state index in [4.69, 9.17) is 23.2 Å². The van der Waals surface area contributed by atoms with Crippen LogP contribution >= 0.6 is 23.2 Å². The normalized spacial score (nSPS) is 27.4. The van der Waals surface area contributed by atoms with Crippen LogP contribution in [0.5, 0.6) is 5.75 Å². The molecule has 6 heteroatoms. The van der Waals surface area contributed by atoms with Crippen molar-refractivity contribution < 1.29 is 9.90 Å². The van der Waals surface area contributed by atoms with E-state index in [-0.39, 0.29) is 22.6 Å². The summed E-state index contributed by atoms with van der Waals surface area (Å²) in [6.07, 6.45) is 6.11. The molecule has 0 saturated heterocycles. The van der Waals surface area contributed by atoms with Gasteiger partial charge in [-0.2, -0.15) is 5.10 Å². The molecule has 2 N–H and O–H groups in total. The van der Waals surface area contributed by atoms with Crippen LogP contribution in [-0.2, 0) is 4.79 Å². The first-order chi connectivity index (χ1) is 10.1. The van der Waals surface area contributed by atoms with Gasteiger partial charge in [-0.15, -0.1) is 0 Å². The fourth-order valence-corrected chi connectivity index (χ4v) is 3.81. The molecule has 1 aromatic rings. The molecule has 2 fully saturated rings. The molecule has 1 aromatic carbocycles. The molecule has 0 spiro atoms. The van der Waals surface area contributed by atoms with Crippen molar-refractivity contribution in [1.82, 2.24) is 5.43 Å². The first kappa shape index (κ1) is 14.7. The van der Waals surface area contributed by atoms with Gasteiger partial charge in [-0.1, -0.05) is 36.0 Å². The molecule has 2 saturated carbocycles. The summed E-state index contributed by atoms with van der Waals surface area (Å²) in [5.41, 5.74) is 2.92. The lowest BCUT2D eigenvalue weighted by Crippen LogP contribution is -2.20. The maximum atomic E-state index is 12.0. The predicted octanol–water partition coefficient (Wildman–Crippen LogP) is 3.59. The van der Waals surface area contributed by atoms with Gasteiger partial charge < -0.3 is 5.11 Å². The highest BCUT2D eigenvalue weighted by atomic mass is 35.5. The zero-order valence-electron chi connectivity index (χ0n) is 11.4. The van der Waals surface area contributed by atoms with Crippen LogP contribution in [0.2, 0.25) is 10.0 Å². The molecule has 1 amide bonds. The predicted molar refractivity (Wildman–Crippen MR) is 82.8 cm³/mol. The molecule has 1 unspecified atom stereocenters. The van der Waals surface area contributed by atoms with E-state index in [9.17, 15) is 9.90 Å². The lowest BCUT2D eigenvalue weighted by atomic mass is 10.0. The number of fused-ring (bicyclic) bond motifs is 1. The second-order valence-electron chi connectivity index (χ2n) is 5.70. The minimum absolute atomic E-state index is 0.0317. The van der Waals surface area contributed by atoms with Crippen molar-refractivity contribution in [3.63, 3.8) is 0 Å². The molecular formula is C15H16Cl2N2O2. The number of rotatable bonds is 3. The van der Waals surface area contributed by atoms with Crippen LogP contribution < -0.4 is 5.43 Å². The summed E-state index contributed by atoms with van der Waals surface area (Å²) < 4.78 is 0. The van der Waals surface area contributed by atoms with E-state index >= 15 is 0 Å². The number of nitrogens with zero attached hydrogens (tertiary/aromatic N) is 1. The Morgan fingerprint density at radius 2 is 1.95 bits per heavy atom. The number of hydrazone groups is 1. The van der Waals surface area contributed by atoms with Crippen LogP contribution in [0.3, 0.4) is 0 Å². The zero-order chi connectivity index (χ0) is 15.0. The Balaban J connectivity index is 1.61. The second-order valence-corrected chi connectivity index (χ2v) is 6.54. The maximum Gasteiger partial charge on any atom is 0.243 e. The molecule has 3 atom stereocenters. The van der Waals surface area contributed by atoms with Gasteiger partial charge in [0.2, 0.25) is 5.91 Å². The lowest BCUT2D eigenvalue weighted by Gasteiger charge is -2.04. The lowest BCUT2D eigenvalue weighted by molar-refractivity contribution is -0.122. The number of phenolic OH excluding ortho intramolecular Hbond substituents is 1. The summed E-state index contributed by atoms with van der Waals surface area (Å²) in [6, 6.07) is 2.98. The van der Waals surface area contributed by atoms with Crippen LogP contribution in [0.25, 0.3) is 0 Å². The van der Waals surface area contributed by atoms with Gasteiger partial charge in [0.05, 0.1) is 11.2 Å². The maximum absolute atomic E-state index is 12.0. The molecule has 0 bridgehead atoms. The van der Waals surface area contributed by atoms with Crippen molar-refractivity contribution in [1.29, 1.82) is 0 Å². The van der Waals surface area contributed by atoms with E-state index in [0.29, 0.717) is 22.4 Å². The number of hydrogen-bond donors (Lipinski definition) is 2. The van der Waals surface area contributed by atoms with Crippen molar-refractivity contribution >= 4 is 35.3 Å². The van der Waals surface area contributed by atoms with Gasteiger partial charge in [-0.05, 0) is 36.8 Å². The van der Waals surface area contributed by atoms with Crippen LogP contribution in [0.4, 0.5) is 0 Å². The largest absolute Gasteiger partial charge is 0.506 e. The third-order valence-electron chi connectivity index (χ3n) is 4.40. The van der Waals surface area contributed by atoms with Crippen molar-refractivity contribution in [2.45, 2.75) is 25.7 Å². The van der Waals surface area contributed by atoms with E-state index in [1.54, 1.807) is 0 Å². The number of amides is 1. The summed E-state index contributed by atoms with van der Waals surface area (Å²) in [5.74, 6) is 1.07. The number of benzene rings is 1. The number of nitrogens with one attached hydrogen (secondary N) is 1. The number of hydrogen-bond acceptors (Lipinski definition) is 3. The Hall–Kier alpha value is -1.26. The minimum atomic E-state index is -0.0980. The highest BCUT2D eigenvalue weighted by molar-refractivity contribution is 6.36. The first-order valence-corrected chi connectivity index (χ1v) is 7.84. The van der Waals surface area contributed by atoms with Crippen molar-refractivity contribution in [3.05, 3.63) is 27.7 Å². The van der Waals surface area contributed by atoms with E-state index in [0.717, 1.165) is 12.8 Å². The number of aromatic hydroxyl groups is 1. The van der Waals surface area contributed by atoms with E-state index in [1.807, 2.05) is 0 Å². The second kappa shape index (κ2) is 5.85. The SMILES string of the molecule is O=C(N/N=C\c1cc(Cl)cc(Cl)c1O)C1[C@H]2CCCC[C@@H]12. The van der Waals surface area contributed by atoms with Crippen molar-refractivity contribution in [2.75, 3.05) is 0 Å². The van der Waals surface area contributed by atoms with E-state index < -0.39 is 0 Å². The highest BCUT2D eigenvalue weighted by Gasteiger charge is 2.54. The van der Waals surface area contributed by atoms with Crippen LogP contribution in [0, 0.1) is 17.8 Å². The van der Waals surface area contributed by atoms with E-state index in [1.165, 1.54) is 31.2 Å². The van der Waals surface area contributed by atoms with Gasteiger partial charge in [0, 0.05) is 16.5 Å². The van der Waals surface area contributed by atoms with Crippen molar-refractivity contribution in [3.8, 4) is 5.75 Å². The topological polar surface area (TPSA) is 61.7 Å². The molecule has 2 aliphatic carbocycles. The monoisotopic (exact) mass is 326 g/mol. The van der Waals surface area contributed by atoms with E-state index in [2.05, 4.69) is 10.5 Å². The first-order valence-electron chi connectivity index (χ1n) is 7.09. The Morgan fingerprint density at radius 1 is 1.29 bits per heavy atom. The molecule has 2 aliphatic rings. The molecular weight excluding hydrogens is 311 g/mol. The number of phenols is 1. The molecule has 0 aliphatic heterocycles. The molecule has 21 heavy (non-hydrogen) atoms. The molecule has 3 rings (SSSR count). The van der Waals surface area contributed by atoms with Gasteiger partial charge in [0.25, 0.3) is 0 Å². The van der Waals surface area contributed by atoms with Gasteiger partial charge in [-0.3, -0.25) is 4.79 Å².